The van der Waals surface area contributed by atoms with Crippen molar-refractivity contribution in [3.63, 3.8) is 0 Å². The number of aromatic nitrogens is 2. The lowest BCUT2D eigenvalue weighted by Gasteiger charge is -2.28. The van der Waals surface area contributed by atoms with E-state index in [0.29, 0.717) is 6.61 Å². The Labute approximate surface area is 151 Å². The SMILES string of the molecule is O=C(NC1CCc2[nH]ncc2C1)NC(c1ccc(F)cc1)C1CCCO1. The number of hydrogen-bond acceptors (Lipinski definition) is 3. The molecule has 2 heterocycles. The number of carbonyl (C=O) groups excluding carboxylic acids is 1. The second kappa shape index (κ2) is 7.45. The van der Waals surface area contributed by atoms with Crippen LogP contribution in [0.2, 0.25) is 0 Å². The molecule has 2 amide bonds. The van der Waals surface area contributed by atoms with Gasteiger partial charge in [-0.05, 0) is 55.4 Å². The molecule has 2 aromatic rings. The number of urea groups is 1. The normalized spacial score (nSPS) is 23.3. The smallest absolute Gasteiger partial charge is 0.315 e. The summed E-state index contributed by atoms with van der Waals surface area (Å²) in [7, 11) is 0. The largest absolute Gasteiger partial charge is 0.376 e. The molecule has 1 aromatic heterocycles. The maximum Gasteiger partial charge on any atom is 0.315 e. The second-order valence-electron chi connectivity index (χ2n) is 7.01. The molecular formula is C19H23FN4O2. The number of hydrogen-bond donors (Lipinski definition) is 3. The first-order valence-electron chi connectivity index (χ1n) is 9.14. The van der Waals surface area contributed by atoms with Crippen molar-refractivity contribution < 1.29 is 13.9 Å². The number of ether oxygens (including phenoxy) is 1. The fourth-order valence-electron chi connectivity index (χ4n) is 3.83. The van der Waals surface area contributed by atoms with Crippen LogP contribution in [0.3, 0.4) is 0 Å². The summed E-state index contributed by atoms with van der Waals surface area (Å²) in [6.07, 6.45) is 6.13. The van der Waals surface area contributed by atoms with Gasteiger partial charge in [0, 0.05) is 18.3 Å². The first kappa shape index (κ1) is 17.0. The van der Waals surface area contributed by atoms with Gasteiger partial charge in [0.15, 0.2) is 0 Å². The molecule has 1 fully saturated rings. The number of amides is 2. The van der Waals surface area contributed by atoms with Gasteiger partial charge in [0.2, 0.25) is 0 Å². The van der Waals surface area contributed by atoms with E-state index in [0.717, 1.165) is 48.9 Å². The van der Waals surface area contributed by atoms with Gasteiger partial charge in [-0.3, -0.25) is 5.10 Å². The molecule has 1 aliphatic carbocycles. The van der Waals surface area contributed by atoms with Gasteiger partial charge in [-0.25, -0.2) is 9.18 Å². The number of aryl methyl sites for hydroxylation is 1. The minimum Gasteiger partial charge on any atom is -0.376 e. The molecule has 1 aromatic carbocycles. The van der Waals surface area contributed by atoms with Crippen molar-refractivity contribution in [2.75, 3.05) is 6.61 Å². The summed E-state index contributed by atoms with van der Waals surface area (Å²) in [4.78, 5) is 12.6. The Balaban J connectivity index is 1.42. The number of halogens is 1. The number of benzene rings is 1. The Morgan fingerprint density at radius 1 is 1.31 bits per heavy atom. The standard InChI is InChI=1S/C19H23FN4O2/c20-14-5-3-12(4-6-14)18(17-2-1-9-26-17)23-19(25)22-15-7-8-16-13(10-15)11-21-24-16/h3-6,11,15,17-18H,1-2,7-10H2,(H,21,24)(H2,22,23,25). The molecule has 3 atom stereocenters. The second-order valence-corrected chi connectivity index (χ2v) is 7.01. The van der Waals surface area contributed by atoms with E-state index in [2.05, 4.69) is 20.8 Å². The van der Waals surface area contributed by atoms with Crippen molar-refractivity contribution in [3.8, 4) is 0 Å². The highest BCUT2D eigenvalue weighted by Crippen LogP contribution is 2.27. The number of nitrogens with one attached hydrogen (secondary N) is 3. The Morgan fingerprint density at radius 3 is 2.92 bits per heavy atom. The van der Waals surface area contributed by atoms with Crippen LogP contribution in [0.1, 0.15) is 42.1 Å². The molecular weight excluding hydrogens is 335 g/mol. The van der Waals surface area contributed by atoms with Crippen LogP contribution in [0, 0.1) is 5.82 Å². The lowest BCUT2D eigenvalue weighted by molar-refractivity contribution is 0.0805. The molecule has 7 heteroatoms. The molecule has 0 spiro atoms. The van der Waals surface area contributed by atoms with Crippen molar-refractivity contribution in [1.29, 1.82) is 0 Å². The zero-order chi connectivity index (χ0) is 17.9. The first-order chi connectivity index (χ1) is 12.7. The lowest BCUT2D eigenvalue weighted by atomic mass is 9.93. The van der Waals surface area contributed by atoms with Crippen LogP contribution in [0.4, 0.5) is 9.18 Å². The lowest BCUT2D eigenvalue weighted by Crippen LogP contribution is -2.47. The zero-order valence-corrected chi connectivity index (χ0v) is 14.5. The Bertz CT molecular complexity index is 755. The van der Waals surface area contributed by atoms with Crippen LogP contribution >= 0.6 is 0 Å². The fraction of sp³-hybridized carbons (Fsp3) is 0.474. The number of rotatable bonds is 4. The van der Waals surface area contributed by atoms with E-state index in [4.69, 9.17) is 4.74 Å². The number of fused-ring (bicyclic) bond motifs is 1. The van der Waals surface area contributed by atoms with Gasteiger partial charge in [0.1, 0.15) is 5.82 Å². The van der Waals surface area contributed by atoms with Crippen molar-refractivity contribution >= 4 is 6.03 Å². The highest BCUT2D eigenvalue weighted by Gasteiger charge is 2.30. The van der Waals surface area contributed by atoms with E-state index in [-0.39, 0.29) is 30.0 Å². The van der Waals surface area contributed by atoms with E-state index < -0.39 is 0 Å². The van der Waals surface area contributed by atoms with Gasteiger partial charge in [0.05, 0.1) is 18.3 Å². The maximum atomic E-state index is 13.3. The highest BCUT2D eigenvalue weighted by atomic mass is 19.1. The van der Waals surface area contributed by atoms with Crippen LogP contribution in [0.5, 0.6) is 0 Å². The Hall–Kier alpha value is -2.41. The van der Waals surface area contributed by atoms with E-state index >= 15 is 0 Å². The zero-order valence-electron chi connectivity index (χ0n) is 14.5. The summed E-state index contributed by atoms with van der Waals surface area (Å²) in [6.45, 7) is 0.692. The molecule has 1 saturated heterocycles. The number of H-pyrrole nitrogens is 1. The third-order valence-electron chi connectivity index (χ3n) is 5.20. The topological polar surface area (TPSA) is 79.0 Å². The quantitative estimate of drug-likeness (QED) is 0.786. The van der Waals surface area contributed by atoms with Gasteiger partial charge in [0.25, 0.3) is 0 Å². The third-order valence-corrected chi connectivity index (χ3v) is 5.20. The summed E-state index contributed by atoms with van der Waals surface area (Å²) >= 11 is 0. The molecule has 3 N–H and O–H groups in total. The van der Waals surface area contributed by atoms with Gasteiger partial charge in [-0.15, -0.1) is 0 Å². The highest BCUT2D eigenvalue weighted by molar-refractivity contribution is 5.75. The van der Waals surface area contributed by atoms with Crippen molar-refractivity contribution in [3.05, 3.63) is 53.1 Å². The average Bonchev–Trinajstić information content (AvgIpc) is 3.32. The summed E-state index contributed by atoms with van der Waals surface area (Å²) < 4.78 is 19.0. The molecule has 0 bridgehead atoms. The molecule has 138 valence electrons. The first-order valence-corrected chi connectivity index (χ1v) is 9.14. The Morgan fingerprint density at radius 2 is 2.15 bits per heavy atom. The maximum absolute atomic E-state index is 13.3. The minimum atomic E-state index is -0.289. The van der Waals surface area contributed by atoms with E-state index in [9.17, 15) is 9.18 Å². The number of nitrogens with zero attached hydrogens (tertiary/aromatic N) is 1. The van der Waals surface area contributed by atoms with Crippen LogP contribution in [-0.4, -0.2) is 35.0 Å². The molecule has 4 rings (SSSR count). The fourth-order valence-corrected chi connectivity index (χ4v) is 3.83. The molecule has 1 aliphatic heterocycles. The predicted octanol–water partition coefficient (Wildman–Crippen LogP) is 2.63. The molecule has 3 unspecified atom stereocenters. The van der Waals surface area contributed by atoms with E-state index in [1.807, 2.05) is 6.20 Å². The summed E-state index contributed by atoms with van der Waals surface area (Å²) in [5.41, 5.74) is 3.18. The van der Waals surface area contributed by atoms with E-state index in [1.54, 1.807) is 12.1 Å². The van der Waals surface area contributed by atoms with Gasteiger partial charge in [-0.2, -0.15) is 5.10 Å². The van der Waals surface area contributed by atoms with Gasteiger partial charge >= 0.3 is 6.03 Å². The average molecular weight is 358 g/mol. The van der Waals surface area contributed by atoms with Crippen molar-refractivity contribution in [1.82, 2.24) is 20.8 Å². The van der Waals surface area contributed by atoms with Crippen LogP contribution in [0.25, 0.3) is 0 Å². The number of aromatic amines is 1. The van der Waals surface area contributed by atoms with Crippen LogP contribution in [0.15, 0.2) is 30.5 Å². The predicted molar refractivity (Wildman–Crippen MR) is 94.2 cm³/mol. The molecule has 6 nitrogen and oxygen atoms in total. The van der Waals surface area contributed by atoms with Crippen LogP contribution in [-0.2, 0) is 17.6 Å². The third kappa shape index (κ3) is 3.72. The molecule has 26 heavy (non-hydrogen) atoms. The van der Waals surface area contributed by atoms with Gasteiger partial charge < -0.3 is 15.4 Å². The minimum absolute atomic E-state index is 0.0819. The number of carbonyl (C=O) groups is 1. The van der Waals surface area contributed by atoms with Crippen LogP contribution < -0.4 is 10.6 Å². The van der Waals surface area contributed by atoms with Crippen molar-refractivity contribution in [2.45, 2.75) is 50.3 Å². The Kier molecular flexibility index (Phi) is 4.88. The summed E-state index contributed by atoms with van der Waals surface area (Å²) in [6, 6.07) is 5.83. The summed E-state index contributed by atoms with van der Waals surface area (Å²) in [5, 5.41) is 13.2. The van der Waals surface area contributed by atoms with Crippen molar-refractivity contribution in [2.24, 2.45) is 0 Å². The summed E-state index contributed by atoms with van der Waals surface area (Å²) in [5.74, 6) is -0.289. The molecule has 0 radical (unpaired) electrons. The molecule has 2 aliphatic rings. The van der Waals surface area contributed by atoms with E-state index in [1.165, 1.54) is 12.1 Å². The van der Waals surface area contributed by atoms with Gasteiger partial charge in [-0.1, -0.05) is 12.1 Å². The monoisotopic (exact) mass is 358 g/mol. The molecule has 0 saturated carbocycles.